The fourth-order valence-corrected chi connectivity index (χ4v) is 0.917. The number of pyridine rings is 1. The molecule has 1 rings (SSSR count). The van der Waals surface area contributed by atoms with Gasteiger partial charge in [0.2, 0.25) is 0 Å². The first-order valence-electron chi connectivity index (χ1n) is 3.96. The molecular formula is C10H10N2O. The Morgan fingerprint density at radius 3 is 3.15 bits per heavy atom. The lowest BCUT2D eigenvalue weighted by Gasteiger charge is -2.00. The monoisotopic (exact) mass is 174 g/mol. The molecule has 0 aliphatic heterocycles. The minimum Gasteiger partial charge on any atom is -0.345 e. The molecule has 0 saturated carbocycles. The first kappa shape index (κ1) is 9.27. The lowest BCUT2D eigenvalue weighted by atomic mass is 10.2. The summed E-state index contributed by atoms with van der Waals surface area (Å²) >= 11 is 0. The normalized spacial score (nSPS) is 8.85. The van der Waals surface area contributed by atoms with Crippen molar-refractivity contribution in [3.8, 4) is 12.3 Å². The molecular weight excluding hydrogens is 164 g/mol. The number of nitrogens with one attached hydrogen (secondary N) is 1. The van der Waals surface area contributed by atoms with Crippen molar-refractivity contribution in [2.45, 2.75) is 6.42 Å². The van der Waals surface area contributed by atoms with Gasteiger partial charge in [-0.15, -0.1) is 6.42 Å². The Morgan fingerprint density at radius 2 is 2.54 bits per heavy atom. The van der Waals surface area contributed by atoms with Crippen molar-refractivity contribution in [2.75, 3.05) is 6.54 Å². The molecule has 0 bridgehead atoms. The molecule has 1 aromatic heterocycles. The second-order valence-electron chi connectivity index (χ2n) is 2.51. The summed E-state index contributed by atoms with van der Waals surface area (Å²) in [5.41, 5.74) is 1.08. The van der Waals surface area contributed by atoms with E-state index in [-0.39, 0.29) is 5.91 Å². The zero-order valence-corrected chi connectivity index (χ0v) is 7.16. The van der Waals surface area contributed by atoms with Crippen LogP contribution in [0.1, 0.15) is 5.56 Å². The van der Waals surface area contributed by atoms with Crippen LogP contribution in [0.3, 0.4) is 0 Å². The number of nitrogens with zero attached hydrogens (tertiary/aromatic N) is 1. The third-order valence-electron chi connectivity index (χ3n) is 1.55. The summed E-state index contributed by atoms with van der Waals surface area (Å²) in [4.78, 5) is 14.6. The molecule has 66 valence electrons. The molecule has 1 amide bonds. The van der Waals surface area contributed by atoms with Crippen molar-refractivity contribution in [3.63, 3.8) is 0 Å². The van der Waals surface area contributed by atoms with Crippen molar-refractivity contribution in [1.29, 1.82) is 0 Å². The second kappa shape index (κ2) is 4.94. The van der Waals surface area contributed by atoms with E-state index in [4.69, 9.17) is 6.42 Å². The largest absolute Gasteiger partial charge is 0.345 e. The summed E-state index contributed by atoms with van der Waals surface area (Å²) in [6, 6.07) is 3.81. The highest BCUT2D eigenvalue weighted by Crippen LogP contribution is 1.94. The maximum atomic E-state index is 10.6. The fourth-order valence-electron chi connectivity index (χ4n) is 0.917. The minimum absolute atomic E-state index is 0.371. The number of carbonyl (C=O) groups excluding carboxylic acids is 1. The number of rotatable bonds is 3. The Kier molecular flexibility index (Phi) is 3.52. The topological polar surface area (TPSA) is 42.0 Å². The summed E-state index contributed by atoms with van der Waals surface area (Å²) < 4.78 is 0. The maximum absolute atomic E-state index is 10.6. The highest BCUT2D eigenvalue weighted by Gasteiger charge is 1.94. The minimum atomic E-state index is -0.371. The van der Waals surface area contributed by atoms with E-state index in [1.165, 1.54) is 0 Å². The highest BCUT2D eigenvalue weighted by molar-refractivity contribution is 5.92. The maximum Gasteiger partial charge on any atom is 0.295 e. The molecule has 0 spiro atoms. The summed E-state index contributed by atoms with van der Waals surface area (Å²) in [6.45, 7) is 0.550. The first-order valence-corrected chi connectivity index (χ1v) is 3.96. The average Bonchev–Trinajstić information content (AvgIpc) is 2.19. The zero-order chi connectivity index (χ0) is 9.52. The van der Waals surface area contributed by atoms with Crippen LogP contribution in [0.2, 0.25) is 0 Å². The molecule has 0 atom stereocenters. The molecule has 0 aliphatic rings. The fraction of sp³-hybridized carbons (Fsp3) is 0.200. The van der Waals surface area contributed by atoms with Gasteiger partial charge in [-0.1, -0.05) is 6.07 Å². The van der Waals surface area contributed by atoms with Gasteiger partial charge in [-0.2, -0.15) is 0 Å². The number of terminal acetylenes is 1. The molecule has 1 aromatic rings. The van der Waals surface area contributed by atoms with Gasteiger partial charge in [-0.3, -0.25) is 9.78 Å². The SMILES string of the molecule is C#CC(=O)NCCc1cccnc1. The Balaban J connectivity index is 2.29. The smallest absolute Gasteiger partial charge is 0.295 e. The third kappa shape index (κ3) is 3.39. The standard InChI is InChI=1S/C10H10N2O/c1-2-10(13)12-7-5-9-4-3-6-11-8-9/h1,3-4,6,8H,5,7H2,(H,12,13). The van der Waals surface area contributed by atoms with Crippen LogP contribution in [-0.4, -0.2) is 17.4 Å². The van der Waals surface area contributed by atoms with Crippen LogP contribution in [0.4, 0.5) is 0 Å². The van der Waals surface area contributed by atoms with Crippen LogP contribution in [0, 0.1) is 12.3 Å². The van der Waals surface area contributed by atoms with E-state index in [0.717, 1.165) is 12.0 Å². The summed E-state index contributed by atoms with van der Waals surface area (Å²) in [7, 11) is 0. The average molecular weight is 174 g/mol. The van der Waals surface area contributed by atoms with Gasteiger partial charge in [0, 0.05) is 18.9 Å². The Morgan fingerprint density at radius 1 is 1.69 bits per heavy atom. The highest BCUT2D eigenvalue weighted by atomic mass is 16.1. The molecule has 3 nitrogen and oxygen atoms in total. The first-order chi connectivity index (χ1) is 6.33. The molecule has 1 N–H and O–H groups in total. The molecule has 0 fully saturated rings. The lowest BCUT2D eigenvalue weighted by Crippen LogP contribution is -2.23. The zero-order valence-electron chi connectivity index (χ0n) is 7.16. The van der Waals surface area contributed by atoms with Crippen LogP contribution >= 0.6 is 0 Å². The van der Waals surface area contributed by atoms with Crippen LogP contribution in [0.25, 0.3) is 0 Å². The van der Waals surface area contributed by atoms with Crippen molar-refractivity contribution in [3.05, 3.63) is 30.1 Å². The Labute approximate surface area is 77.2 Å². The second-order valence-corrected chi connectivity index (χ2v) is 2.51. The predicted molar refractivity (Wildman–Crippen MR) is 49.8 cm³/mol. The van der Waals surface area contributed by atoms with Gasteiger partial charge >= 0.3 is 0 Å². The molecule has 1 heterocycles. The summed E-state index contributed by atoms with van der Waals surface area (Å²) in [5, 5.41) is 2.58. The molecule has 3 heteroatoms. The van der Waals surface area contributed by atoms with Gasteiger partial charge in [0.15, 0.2) is 0 Å². The quantitative estimate of drug-likeness (QED) is 0.673. The number of carbonyl (C=O) groups is 1. The van der Waals surface area contributed by atoms with E-state index in [1.54, 1.807) is 12.4 Å². The van der Waals surface area contributed by atoms with Gasteiger partial charge in [0.05, 0.1) is 0 Å². The van der Waals surface area contributed by atoms with Crippen LogP contribution in [-0.2, 0) is 11.2 Å². The molecule has 13 heavy (non-hydrogen) atoms. The summed E-state index contributed by atoms with van der Waals surface area (Å²) in [6.07, 6.45) is 9.11. The Hall–Kier alpha value is -1.82. The Bertz CT molecular complexity index is 313. The molecule has 0 unspecified atom stereocenters. The van der Waals surface area contributed by atoms with Crippen LogP contribution < -0.4 is 5.32 Å². The van der Waals surface area contributed by atoms with Gasteiger partial charge in [-0.25, -0.2) is 0 Å². The number of aromatic nitrogens is 1. The number of hydrogen-bond acceptors (Lipinski definition) is 2. The third-order valence-corrected chi connectivity index (χ3v) is 1.55. The van der Waals surface area contributed by atoms with E-state index in [2.05, 4.69) is 10.3 Å². The number of hydrogen-bond donors (Lipinski definition) is 1. The van der Waals surface area contributed by atoms with Crippen molar-refractivity contribution in [1.82, 2.24) is 10.3 Å². The van der Waals surface area contributed by atoms with Gasteiger partial charge in [0.25, 0.3) is 5.91 Å². The van der Waals surface area contributed by atoms with Crippen LogP contribution in [0.15, 0.2) is 24.5 Å². The van der Waals surface area contributed by atoms with E-state index in [1.807, 2.05) is 18.1 Å². The van der Waals surface area contributed by atoms with Crippen molar-refractivity contribution < 1.29 is 4.79 Å². The van der Waals surface area contributed by atoms with Gasteiger partial charge in [0.1, 0.15) is 0 Å². The van der Waals surface area contributed by atoms with E-state index in [9.17, 15) is 4.79 Å². The van der Waals surface area contributed by atoms with E-state index < -0.39 is 0 Å². The molecule has 0 radical (unpaired) electrons. The molecule has 0 aromatic carbocycles. The predicted octanol–water partition coefficient (Wildman–Crippen LogP) is 0.373. The number of amides is 1. The lowest BCUT2D eigenvalue weighted by molar-refractivity contribution is -0.115. The summed E-state index contributed by atoms with van der Waals surface area (Å²) in [5.74, 6) is 1.61. The van der Waals surface area contributed by atoms with Crippen molar-refractivity contribution >= 4 is 5.91 Å². The van der Waals surface area contributed by atoms with Gasteiger partial charge < -0.3 is 5.32 Å². The van der Waals surface area contributed by atoms with Crippen LogP contribution in [0.5, 0.6) is 0 Å². The van der Waals surface area contributed by atoms with E-state index in [0.29, 0.717) is 6.54 Å². The molecule has 0 saturated heterocycles. The van der Waals surface area contributed by atoms with Gasteiger partial charge in [-0.05, 0) is 24.0 Å². The van der Waals surface area contributed by atoms with Crippen molar-refractivity contribution in [2.24, 2.45) is 0 Å². The van der Waals surface area contributed by atoms with E-state index >= 15 is 0 Å². The molecule has 0 aliphatic carbocycles.